The van der Waals surface area contributed by atoms with Crippen LogP contribution in [0.1, 0.15) is 40.0 Å². The fraction of sp³-hybridized carbons (Fsp3) is 1.00. The molecule has 0 saturated carbocycles. The first kappa shape index (κ1) is 13.6. The summed E-state index contributed by atoms with van der Waals surface area (Å²) in [4.78, 5) is 0. The van der Waals surface area contributed by atoms with Gasteiger partial charge in [-0.05, 0) is 24.7 Å². The number of hydrogen-bond acceptors (Lipinski definition) is 1. The Hall–Kier alpha value is 1.06. The van der Waals surface area contributed by atoms with Gasteiger partial charge < -0.3 is 5.11 Å². The third kappa shape index (κ3) is 3.45. The minimum absolute atomic E-state index is 0. The second kappa shape index (κ2) is 6.75. The molecule has 0 bridgehead atoms. The van der Waals surface area contributed by atoms with E-state index in [1.54, 1.807) is 0 Å². The number of hydrogen-bond donors (Lipinski definition) is 1. The quantitative estimate of drug-likeness (QED) is 0.768. The van der Waals surface area contributed by atoms with Gasteiger partial charge in [0, 0.05) is 39.3 Å². The Morgan fingerprint density at radius 2 is 1.30 bits per heavy atom. The van der Waals surface area contributed by atoms with Crippen LogP contribution in [0.5, 0.6) is 0 Å². The Bertz CT molecular complexity index is 52.1. The maximum atomic E-state index is 8.98. The summed E-state index contributed by atoms with van der Waals surface area (Å²) in [6.45, 7) is 6.77. The van der Waals surface area contributed by atoms with Crippen LogP contribution in [0.3, 0.4) is 0 Å². The van der Waals surface area contributed by atoms with Crippen molar-refractivity contribution in [3.63, 3.8) is 0 Å². The van der Waals surface area contributed by atoms with Gasteiger partial charge in [0.2, 0.25) is 0 Å². The van der Waals surface area contributed by atoms with Crippen LogP contribution >= 0.6 is 0 Å². The van der Waals surface area contributed by atoms with Crippen molar-refractivity contribution in [1.29, 1.82) is 0 Å². The summed E-state index contributed by atoms with van der Waals surface area (Å²) in [5.41, 5.74) is 0.222. The standard InChI is InChI=1S/C8H18O.Y/c1-4-8(5-2,6-3)7-9;/h9H,4-7H2,1-3H3;. The van der Waals surface area contributed by atoms with E-state index in [1.165, 1.54) is 0 Å². The number of aliphatic hydroxyl groups excluding tert-OH is 1. The molecule has 0 fully saturated rings. The van der Waals surface area contributed by atoms with Gasteiger partial charge in [-0.15, -0.1) is 0 Å². The molecule has 0 amide bonds. The Morgan fingerprint density at radius 3 is 1.30 bits per heavy atom. The molecule has 0 heterocycles. The van der Waals surface area contributed by atoms with E-state index in [1.807, 2.05) is 0 Å². The molecule has 0 aromatic heterocycles. The predicted molar refractivity (Wildman–Crippen MR) is 40.4 cm³/mol. The van der Waals surface area contributed by atoms with Gasteiger partial charge in [-0.3, -0.25) is 0 Å². The third-order valence-corrected chi connectivity index (χ3v) is 2.59. The van der Waals surface area contributed by atoms with Crippen molar-refractivity contribution in [3.8, 4) is 0 Å². The Labute approximate surface area is 89.5 Å². The zero-order valence-electron chi connectivity index (χ0n) is 7.35. The number of aliphatic hydroxyl groups is 1. The fourth-order valence-electron chi connectivity index (χ4n) is 1.09. The first-order valence-corrected chi connectivity index (χ1v) is 3.85. The second-order valence-corrected chi connectivity index (χ2v) is 2.72. The van der Waals surface area contributed by atoms with E-state index >= 15 is 0 Å². The fourth-order valence-corrected chi connectivity index (χ4v) is 1.09. The van der Waals surface area contributed by atoms with Crippen LogP contribution in [0.2, 0.25) is 0 Å². The summed E-state index contributed by atoms with van der Waals surface area (Å²) in [6.07, 6.45) is 3.28. The molecule has 0 aliphatic heterocycles. The molecule has 10 heavy (non-hydrogen) atoms. The van der Waals surface area contributed by atoms with Crippen molar-refractivity contribution < 1.29 is 37.8 Å². The number of rotatable bonds is 4. The van der Waals surface area contributed by atoms with E-state index in [-0.39, 0.29) is 38.1 Å². The molecular weight excluding hydrogens is 201 g/mol. The van der Waals surface area contributed by atoms with E-state index in [4.69, 9.17) is 5.11 Å². The van der Waals surface area contributed by atoms with Gasteiger partial charge in [0.05, 0.1) is 0 Å². The SMILES string of the molecule is CCC(CC)(CC)CO.[Y]. The van der Waals surface area contributed by atoms with E-state index in [2.05, 4.69) is 20.8 Å². The van der Waals surface area contributed by atoms with E-state index in [0.29, 0.717) is 6.61 Å². The van der Waals surface area contributed by atoms with Crippen molar-refractivity contribution >= 4 is 0 Å². The van der Waals surface area contributed by atoms with Gasteiger partial charge in [0.15, 0.2) is 0 Å². The summed E-state index contributed by atoms with van der Waals surface area (Å²) in [7, 11) is 0. The molecule has 59 valence electrons. The second-order valence-electron chi connectivity index (χ2n) is 2.72. The Balaban J connectivity index is 0. The zero-order chi connectivity index (χ0) is 7.33. The summed E-state index contributed by atoms with van der Waals surface area (Å²) in [5.74, 6) is 0. The normalized spacial score (nSPS) is 10.8. The molecule has 1 radical (unpaired) electrons. The van der Waals surface area contributed by atoms with E-state index in [0.717, 1.165) is 19.3 Å². The van der Waals surface area contributed by atoms with E-state index < -0.39 is 0 Å². The van der Waals surface area contributed by atoms with Gasteiger partial charge in [-0.25, -0.2) is 0 Å². The molecule has 1 N–H and O–H groups in total. The molecule has 0 spiro atoms. The van der Waals surface area contributed by atoms with Crippen LogP contribution in [-0.2, 0) is 32.7 Å². The van der Waals surface area contributed by atoms with Crippen molar-refractivity contribution in [3.05, 3.63) is 0 Å². The predicted octanol–water partition coefficient (Wildman–Crippen LogP) is 2.19. The van der Waals surface area contributed by atoms with Crippen LogP contribution in [-0.4, -0.2) is 11.7 Å². The van der Waals surface area contributed by atoms with Gasteiger partial charge in [0.25, 0.3) is 0 Å². The molecule has 0 saturated heterocycles. The molecule has 0 unspecified atom stereocenters. The molecular formula is C8H18OY. The average Bonchev–Trinajstić information content (AvgIpc) is 1.95. The summed E-state index contributed by atoms with van der Waals surface area (Å²) in [5, 5.41) is 8.98. The molecule has 0 aromatic carbocycles. The van der Waals surface area contributed by atoms with Crippen molar-refractivity contribution in [2.24, 2.45) is 5.41 Å². The molecule has 0 aliphatic carbocycles. The van der Waals surface area contributed by atoms with E-state index in [9.17, 15) is 0 Å². The third-order valence-electron chi connectivity index (χ3n) is 2.59. The first-order valence-electron chi connectivity index (χ1n) is 3.85. The van der Waals surface area contributed by atoms with Crippen molar-refractivity contribution in [1.82, 2.24) is 0 Å². The topological polar surface area (TPSA) is 20.2 Å². The van der Waals surface area contributed by atoms with Crippen molar-refractivity contribution in [2.45, 2.75) is 40.0 Å². The first-order chi connectivity index (χ1) is 4.24. The van der Waals surface area contributed by atoms with Gasteiger partial charge in [0.1, 0.15) is 0 Å². The zero-order valence-corrected chi connectivity index (χ0v) is 10.2. The monoisotopic (exact) mass is 219 g/mol. The molecule has 0 aromatic rings. The molecule has 0 rings (SSSR count). The van der Waals surface area contributed by atoms with Gasteiger partial charge in [-0.2, -0.15) is 0 Å². The maximum absolute atomic E-state index is 8.98. The van der Waals surface area contributed by atoms with Gasteiger partial charge in [-0.1, -0.05) is 20.8 Å². The smallest absolute Gasteiger partial charge is 0.0487 e. The molecule has 0 aliphatic rings. The summed E-state index contributed by atoms with van der Waals surface area (Å²) in [6, 6.07) is 0. The minimum atomic E-state index is 0. The van der Waals surface area contributed by atoms with Crippen LogP contribution in [0.4, 0.5) is 0 Å². The largest absolute Gasteiger partial charge is 0.396 e. The maximum Gasteiger partial charge on any atom is 0.0487 e. The summed E-state index contributed by atoms with van der Waals surface area (Å²) < 4.78 is 0. The Kier molecular flexibility index (Phi) is 9.21. The molecule has 0 atom stereocenters. The van der Waals surface area contributed by atoms with Crippen LogP contribution in [0, 0.1) is 5.41 Å². The molecule has 1 nitrogen and oxygen atoms in total. The Morgan fingerprint density at radius 1 is 1.00 bits per heavy atom. The van der Waals surface area contributed by atoms with Crippen LogP contribution in [0.15, 0.2) is 0 Å². The average molecular weight is 219 g/mol. The van der Waals surface area contributed by atoms with Crippen LogP contribution in [0.25, 0.3) is 0 Å². The van der Waals surface area contributed by atoms with Gasteiger partial charge >= 0.3 is 0 Å². The molecule has 2 heteroatoms. The van der Waals surface area contributed by atoms with Crippen LogP contribution < -0.4 is 0 Å². The van der Waals surface area contributed by atoms with Crippen molar-refractivity contribution in [2.75, 3.05) is 6.61 Å². The summed E-state index contributed by atoms with van der Waals surface area (Å²) >= 11 is 0. The minimum Gasteiger partial charge on any atom is -0.396 e.